The number of phenolic OH excluding ortho intramolecular Hbond substituents is 1. The van der Waals surface area contributed by atoms with E-state index in [4.69, 9.17) is 14.6 Å². The van der Waals surface area contributed by atoms with Crippen LogP contribution < -0.4 is 9.47 Å². The molecule has 0 unspecified atom stereocenters. The van der Waals surface area contributed by atoms with Crippen molar-refractivity contribution in [1.82, 2.24) is 0 Å². The van der Waals surface area contributed by atoms with Gasteiger partial charge in [-0.2, -0.15) is 0 Å². The molecule has 0 saturated heterocycles. The van der Waals surface area contributed by atoms with E-state index in [0.29, 0.717) is 17.1 Å². The number of aromatic carboxylic acids is 1. The second-order valence-electron chi connectivity index (χ2n) is 4.52. The minimum absolute atomic E-state index is 0.0525. The zero-order valence-corrected chi connectivity index (χ0v) is 12.2. The Morgan fingerprint density at radius 3 is 2.00 bits per heavy atom. The molecule has 0 amide bonds. The molecule has 114 valence electrons. The van der Waals surface area contributed by atoms with E-state index >= 15 is 0 Å². The molecule has 5 heteroatoms. The van der Waals surface area contributed by atoms with Gasteiger partial charge in [0.1, 0.15) is 17.2 Å². The third-order valence-electron chi connectivity index (χ3n) is 3.13. The molecule has 2 aromatic rings. The predicted octanol–water partition coefficient (Wildman–Crippen LogP) is 3.28. The lowest BCUT2D eigenvalue weighted by Gasteiger charge is -2.10. The summed E-state index contributed by atoms with van der Waals surface area (Å²) in [5.41, 5.74) is 1.75. The van der Waals surface area contributed by atoms with E-state index in [0.717, 1.165) is 5.56 Å². The molecule has 0 heterocycles. The largest absolute Gasteiger partial charge is 0.508 e. The molecule has 0 aliphatic carbocycles. The summed E-state index contributed by atoms with van der Waals surface area (Å²) in [6, 6.07) is 9.48. The molecule has 5 nitrogen and oxygen atoms in total. The van der Waals surface area contributed by atoms with Crippen molar-refractivity contribution < 1.29 is 24.5 Å². The van der Waals surface area contributed by atoms with Crippen LogP contribution in [0.2, 0.25) is 0 Å². The molecule has 22 heavy (non-hydrogen) atoms. The molecule has 0 fully saturated rings. The molecule has 2 aromatic carbocycles. The summed E-state index contributed by atoms with van der Waals surface area (Å²) in [5, 5.41) is 18.5. The van der Waals surface area contributed by atoms with Gasteiger partial charge < -0.3 is 19.7 Å². The zero-order valence-electron chi connectivity index (χ0n) is 12.2. The van der Waals surface area contributed by atoms with Crippen molar-refractivity contribution in [3.8, 4) is 17.2 Å². The first-order valence-electron chi connectivity index (χ1n) is 6.51. The maximum Gasteiger partial charge on any atom is 0.335 e. The van der Waals surface area contributed by atoms with Gasteiger partial charge in [0.15, 0.2) is 0 Å². The number of carboxylic acids is 1. The Morgan fingerprint density at radius 2 is 1.55 bits per heavy atom. The lowest BCUT2D eigenvalue weighted by Crippen LogP contribution is -1.95. The fraction of sp³-hybridized carbons (Fsp3) is 0.118. The number of hydrogen-bond donors (Lipinski definition) is 2. The van der Waals surface area contributed by atoms with Gasteiger partial charge in [0.25, 0.3) is 0 Å². The molecular formula is C17H16O5. The Labute approximate surface area is 128 Å². The predicted molar refractivity (Wildman–Crippen MR) is 83.5 cm³/mol. The van der Waals surface area contributed by atoms with E-state index in [-0.39, 0.29) is 11.3 Å². The summed E-state index contributed by atoms with van der Waals surface area (Å²) in [5.74, 6) is 0.0552. The minimum atomic E-state index is -0.961. The van der Waals surface area contributed by atoms with Crippen LogP contribution in [0.15, 0.2) is 36.4 Å². The lowest BCUT2D eigenvalue weighted by atomic mass is 10.1. The first-order valence-corrected chi connectivity index (χ1v) is 6.51. The van der Waals surface area contributed by atoms with E-state index in [1.807, 2.05) is 6.08 Å². The molecule has 0 spiro atoms. The number of carboxylic acid groups (broad SMARTS) is 1. The topological polar surface area (TPSA) is 76.0 Å². The van der Waals surface area contributed by atoms with Gasteiger partial charge in [-0.15, -0.1) is 0 Å². The standard InChI is InChI=1S/C17H16O5/c1-21-15-9-13(18)10-16(22-2)14(15)8-5-11-3-6-12(7-4-11)17(19)20/h3-10,18H,1-2H3,(H,19,20). The van der Waals surface area contributed by atoms with Gasteiger partial charge in [0.2, 0.25) is 0 Å². The van der Waals surface area contributed by atoms with Crippen molar-refractivity contribution >= 4 is 18.1 Å². The third-order valence-corrected chi connectivity index (χ3v) is 3.13. The fourth-order valence-electron chi connectivity index (χ4n) is 2.01. The Balaban J connectivity index is 2.35. The highest BCUT2D eigenvalue weighted by Crippen LogP contribution is 2.34. The van der Waals surface area contributed by atoms with E-state index in [1.165, 1.54) is 38.5 Å². The summed E-state index contributed by atoms with van der Waals surface area (Å²) in [6.45, 7) is 0. The van der Waals surface area contributed by atoms with Crippen LogP contribution in [0.4, 0.5) is 0 Å². The number of hydrogen-bond acceptors (Lipinski definition) is 4. The van der Waals surface area contributed by atoms with Crippen molar-refractivity contribution in [2.75, 3.05) is 14.2 Å². The van der Waals surface area contributed by atoms with E-state index in [1.54, 1.807) is 18.2 Å². The summed E-state index contributed by atoms with van der Waals surface area (Å²) >= 11 is 0. The summed E-state index contributed by atoms with van der Waals surface area (Å²) in [6.07, 6.45) is 3.59. The number of rotatable bonds is 5. The number of ether oxygens (including phenoxy) is 2. The van der Waals surface area contributed by atoms with Crippen LogP contribution in [0.3, 0.4) is 0 Å². The van der Waals surface area contributed by atoms with E-state index in [2.05, 4.69) is 0 Å². The van der Waals surface area contributed by atoms with Crippen LogP contribution in [-0.4, -0.2) is 30.4 Å². The fourth-order valence-corrected chi connectivity index (χ4v) is 2.01. The highest BCUT2D eigenvalue weighted by atomic mass is 16.5. The molecule has 0 aromatic heterocycles. The number of carbonyl (C=O) groups is 1. The maximum absolute atomic E-state index is 10.8. The summed E-state index contributed by atoms with van der Waals surface area (Å²) in [4.78, 5) is 10.8. The van der Waals surface area contributed by atoms with Crippen LogP contribution in [0.1, 0.15) is 21.5 Å². The van der Waals surface area contributed by atoms with Gasteiger partial charge in [0, 0.05) is 12.1 Å². The van der Waals surface area contributed by atoms with Crippen LogP contribution in [-0.2, 0) is 0 Å². The van der Waals surface area contributed by atoms with Crippen molar-refractivity contribution in [3.63, 3.8) is 0 Å². The molecule has 0 saturated carbocycles. The number of phenols is 1. The van der Waals surface area contributed by atoms with Crippen LogP contribution in [0.5, 0.6) is 17.2 Å². The molecule has 2 rings (SSSR count). The van der Waals surface area contributed by atoms with Gasteiger partial charge >= 0.3 is 5.97 Å². The Kier molecular flexibility index (Phi) is 4.68. The van der Waals surface area contributed by atoms with Gasteiger partial charge in [-0.3, -0.25) is 0 Å². The van der Waals surface area contributed by atoms with Crippen LogP contribution in [0, 0.1) is 0 Å². The van der Waals surface area contributed by atoms with Gasteiger partial charge in [-0.1, -0.05) is 18.2 Å². The number of methoxy groups -OCH3 is 2. The Hall–Kier alpha value is -2.95. The maximum atomic E-state index is 10.8. The Morgan fingerprint density at radius 1 is 1.00 bits per heavy atom. The normalized spacial score (nSPS) is 10.6. The molecule has 0 aliphatic heterocycles. The quantitative estimate of drug-likeness (QED) is 0.829. The van der Waals surface area contributed by atoms with Gasteiger partial charge in [-0.05, 0) is 23.8 Å². The smallest absolute Gasteiger partial charge is 0.335 e. The number of aromatic hydroxyl groups is 1. The molecular weight excluding hydrogens is 284 g/mol. The molecule has 0 aliphatic rings. The average molecular weight is 300 g/mol. The van der Waals surface area contributed by atoms with Gasteiger partial charge in [-0.25, -0.2) is 4.79 Å². The first kappa shape index (κ1) is 15.4. The zero-order chi connectivity index (χ0) is 16.1. The van der Waals surface area contributed by atoms with E-state index in [9.17, 15) is 9.90 Å². The number of benzene rings is 2. The van der Waals surface area contributed by atoms with Crippen molar-refractivity contribution in [2.45, 2.75) is 0 Å². The van der Waals surface area contributed by atoms with Crippen LogP contribution >= 0.6 is 0 Å². The molecule has 0 bridgehead atoms. The molecule has 0 atom stereocenters. The second kappa shape index (κ2) is 6.67. The lowest BCUT2D eigenvalue weighted by molar-refractivity contribution is 0.0697. The third kappa shape index (κ3) is 3.38. The minimum Gasteiger partial charge on any atom is -0.508 e. The summed E-state index contributed by atoms with van der Waals surface area (Å²) in [7, 11) is 3.01. The van der Waals surface area contributed by atoms with E-state index < -0.39 is 5.97 Å². The van der Waals surface area contributed by atoms with Crippen molar-refractivity contribution in [2.24, 2.45) is 0 Å². The van der Waals surface area contributed by atoms with Gasteiger partial charge in [0.05, 0.1) is 25.3 Å². The first-order chi connectivity index (χ1) is 10.5. The highest BCUT2D eigenvalue weighted by molar-refractivity contribution is 5.88. The average Bonchev–Trinajstić information content (AvgIpc) is 2.53. The van der Waals surface area contributed by atoms with Crippen molar-refractivity contribution in [3.05, 3.63) is 53.1 Å². The SMILES string of the molecule is COc1cc(O)cc(OC)c1C=Cc1ccc(C(=O)O)cc1. The van der Waals surface area contributed by atoms with Crippen molar-refractivity contribution in [1.29, 1.82) is 0 Å². The molecule has 2 N–H and O–H groups in total. The highest BCUT2D eigenvalue weighted by Gasteiger charge is 2.09. The second-order valence-corrected chi connectivity index (χ2v) is 4.52. The Bertz CT molecular complexity index is 676. The monoisotopic (exact) mass is 300 g/mol. The van der Waals surface area contributed by atoms with Crippen LogP contribution in [0.25, 0.3) is 12.2 Å². The summed E-state index contributed by atoms with van der Waals surface area (Å²) < 4.78 is 10.5. The molecule has 0 radical (unpaired) electrons.